The zero-order chi connectivity index (χ0) is 51.8. The van der Waals surface area contributed by atoms with Crippen LogP contribution in [0.4, 0.5) is 114 Å². The van der Waals surface area contributed by atoms with Gasteiger partial charge < -0.3 is 23.2 Å². The molecule has 0 saturated carbocycles. The first-order valence-electron chi connectivity index (χ1n) is 16.4. The highest BCUT2D eigenvalue weighted by molar-refractivity contribution is 5.81. The maximum atomic E-state index is 14.0. The smallest absolute Gasteiger partial charge is 0.460 e. The third kappa shape index (κ3) is 12.0. The van der Waals surface area contributed by atoms with Crippen molar-refractivity contribution >= 4 is 17.9 Å². The van der Waals surface area contributed by atoms with Crippen LogP contribution in [0.2, 0.25) is 0 Å². The maximum absolute atomic E-state index is 14.0. The molecule has 0 aromatic carbocycles. The van der Waals surface area contributed by atoms with E-state index in [1.165, 1.54) is 0 Å². The Labute approximate surface area is 341 Å². The summed E-state index contributed by atoms with van der Waals surface area (Å²) in [6.45, 7) is -4.94. The average molecular weight is 1010 g/mol. The molecule has 0 aromatic heterocycles. The minimum Gasteiger partial charge on any atom is -0.461 e. The number of hydrogen-bond acceptors (Lipinski definition) is 6. The van der Waals surface area contributed by atoms with Crippen LogP contribution in [0.3, 0.4) is 0 Å². The van der Waals surface area contributed by atoms with Gasteiger partial charge in [-0.15, -0.1) is 0 Å². The van der Waals surface area contributed by atoms with E-state index in [4.69, 9.17) is 4.74 Å². The molecule has 0 aromatic rings. The van der Waals surface area contributed by atoms with Crippen LogP contribution >= 0.6 is 0 Å². The summed E-state index contributed by atoms with van der Waals surface area (Å²) in [5, 5.41) is 0. The summed E-state index contributed by atoms with van der Waals surface area (Å²) in [6.07, 6.45) is -22.3. The number of carbonyl (C=O) groups excluding carboxylic acids is 3. The first-order valence-corrected chi connectivity index (χ1v) is 16.4. The van der Waals surface area contributed by atoms with Gasteiger partial charge in [-0.25, -0.2) is 14.4 Å². The van der Waals surface area contributed by atoms with Gasteiger partial charge in [-0.05, 0) is 0 Å². The zero-order valence-electron chi connectivity index (χ0n) is 32.2. The van der Waals surface area contributed by atoms with Crippen molar-refractivity contribution in [2.24, 2.45) is 0 Å². The van der Waals surface area contributed by atoms with Crippen molar-refractivity contribution in [3.63, 3.8) is 0 Å². The number of rotatable bonds is 24. The fraction of sp³-hybridized carbons (Fsp3) is 0.833. The quantitative estimate of drug-likeness (QED) is 0.0317. The van der Waals surface area contributed by atoms with E-state index in [2.05, 4.69) is 16.1 Å². The Hall–Kier alpha value is -3.75. The molecular weight excluding hydrogens is 978 g/mol. The topological polar surface area (TPSA) is 78.9 Å². The van der Waals surface area contributed by atoms with Crippen molar-refractivity contribution in [3.05, 3.63) is 12.7 Å². The molecule has 0 fully saturated rings. The Morgan fingerprint density at radius 1 is 0.453 bits per heavy atom. The monoisotopic (exact) mass is 1010 g/mol. The summed E-state index contributed by atoms with van der Waals surface area (Å²) in [7, 11) is 3.98. The largest absolute Gasteiger partial charge is 0.461 e. The van der Waals surface area contributed by atoms with E-state index >= 15 is 0 Å². The molecule has 0 atom stereocenters. The van der Waals surface area contributed by atoms with Gasteiger partial charge in [-0.1, -0.05) is 6.58 Å². The van der Waals surface area contributed by atoms with Gasteiger partial charge in [0.2, 0.25) is 0 Å². The SMILES string of the molecule is C=CC(=O)OC(C[N+](C)(C)CC(=O)OCCC(F)(F)C(F)(F)C(F)(F)C(F)(F)C(F)(F)C(F)(F)F)C[N+](C)(C)CC(=O)OCCC(F)(F)C(F)(F)C(F)(F)C(F)(F)C(F)(F)C(F)(F)F. The second-order valence-electron chi connectivity index (χ2n) is 14.8. The highest BCUT2D eigenvalue weighted by Gasteiger charge is 2.92. The standard InChI is InChI=1S/C30H32F26N2O6/c1-6-16(59)64-15(11-57(2,3)13-17(60)62-9-7-19(31,32)21(35,36)23(39,40)25(43,44)27(47,48)29(51,52)53)12-58(4,5)14-18(61)63-10-8-20(33,34)22(37,38)24(41,42)26(45,46)28(49,50)30(54,55)56/h6,15H,1,7-14H2,2-5H3/q+2. The van der Waals surface area contributed by atoms with Crippen LogP contribution in [-0.4, -0.2) is 172 Å². The molecule has 34 heteroatoms. The first-order chi connectivity index (χ1) is 27.7. The molecule has 0 bridgehead atoms. The number of quaternary nitrogens is 2. The molecule has 0 saturated heterocycles. The molecule has 0 rings (SSSR count). The first kappa shape index (κ1) is 60.2. The van der Waals surface area contributed by atoms with E-state index in [1.807, 2.05) is 0 Å². The lowest BCUT2D eigenvalue weighted by Gasteiger charge is -2.39. The number of carbonyl (C=O) groups is 3. The van der Waals surface area contributed by atoms with E-state index in [-0.39, 0.29) is 0 Å². The number of hydrogen-bond donors (Lipinski definition) is 0. The predicted molar refractivity (Wildman–Crippen MR) is 156 cm³/mol. The molecule has 378 valence electrons. The van der Waals surface area contributed by atoms with E-state index in [0.29, 0.717) is 6.08 Å². The lowest BCUT2D eigenvalue weighted by molar-refractivity contribution is -0.907. The van der Waals surface area contributed by atoms with Crippen molar-refractivity contribution in [2.45, 2.75) is 90.5 Å². The van der Waals surface area contributed by atoms with Crippen LogP contribution < -0.4 is 0 Å². The summed E-state index contributed by atoms with van der Waals surface area (Å²) in [6, 6.07) is 0. The van der Waals surface area contributed by atoms with Gasteiger partial charge in [0, 0.05) is 6.08 Å². The van der Waals surface area contributed by atoms with Gasteiger partial charge in [0.15, 0.2) is 19.2 Å². The van der Waals surface area contributed by atoms with Crippen LogP contribution in [-0.2, 0) is 28.6 Å². The second kappa shape index (κ2) is 18.5. The minimum absolute atomic E-state index is 0.495. The van der Waals surface area contributed by atoms with Gasteiger partial charge in [0.25, 0.3) is 0 Å². The summed E-state index contributed by atoms with van der Waals surface area (Å²) >= 11 is 0. The number of halogens is 26. The lowest BCUT2D eigenvalue weighted by atomic mass is 9.93. The number of ether oxygens (including phenoxy) is 3. The molecule has 0 unspecified atom stereocenters. The van der Waals surface area contributed by atoms with Crippen molar-refractivity contribution in [1.29, 1.82) is 0 Å². The number of esters is 3. The van der Waals surface area contributed by atoms with Crippen LogP contribution in [0.15, 0.2) is 12.7 Å². The minimum atomic E-state index is -8.19. The summed E-state index contributed by atoms with van der Waals surface area (Å²) in [5.74, 6) is -82.0. The number of alkyl halides is 26. The summed E-state index contributed by atoms with van der Waals surface area (Å²) in [4.78, 5) is 36.5. The Bertz CT molecular complexity index is 1550. The molecule has 0 radical (unpaired) electrons. The number of nitrogens with zero attached hydrogens (tertiary/aromatic N) is 2. The molecular formula is C30H32F26N2O6+2. The average Bonchev–Trinajstić information content (AvgIpc) is 3.05. The van der Waals surface area contributed by atoms with Crippen molar-refractivity contribution in [2.75, 3.05) is 67.6 Å². The highest BCUT2D eigenvalue weighted by atomic mass is 19.4. The molecule has 0 aliphatic heterocycles. The lowest BCUT2D eigenvalue weighted by Crippen LogP contribution is -2.70. The maximum Gasteiger partial charge on any atom is 0.460 e. The Morgan fingerprint density at radius 2 is 0.703 bits per heavy atom. The molecule has 0 aliphatic rings. The Kier molecular flexibility index (Phi) is 17.4. The molecule has 0 heterocycles. The molecule has 0 N–H and O–H groups in total. The van der Waals surface area contributed by atoms with E-state index < -0.39 is 157 Å². The third-order valence-electron chi connectivity index (χ3n) is 8.31. The van der Waals surface area contributed by atoms with E-state index in [9.17, 15) is 129 Å². The zero-order valence-corrected chi connectivity index (χ0v) is 32.2. The molecule has 0 amide bonds. The molecule has 8 nitrogen and oxygen atoms in total. The highest BCUT2D eigenvalue weighted by Crippen LogP contribution is 2.62. The predicted octanol–water partition coefficient (Wildman–Crippen LogP) is 8.58. The Morgan fingerprint density at radius 3 is 0.938 bits per heavy atom. The van der Waals surface area contributed by atoms with E-state index in [1.54, 1.807) is 0 Å². The molecule has 0 aliphatic carbocycles. The number of likely N-dealkylation sites (N-methyl/N-ethyl adjacent to an activating group) is 2. The van der Waals surface area contributed by atoms with Crippen molar-refractivity contribution in [1.82, 2.24) is 0 Å². The van der Waals surface area contributed by atoms with Gasteiger partial charge in [0.05, 0.1) is 54.2 Å². The van der Waals surface area contributed by atoms with Gasteiger partial charge in [0.1, 0.15) is 13.1 Å². The second-order valence-corrected chi connectivity index (χ2v) is 14.8. The fourth-order valence-corrected chi connectivity index (χ4v) is 4.87. The van der Waals surface area contributed by atoms with Crippen molar-refractivity contribution < 1.29 is 152 Å². The summed E-state index contributed by atoms with van der Waals surface area (Å²) < 4.78 is 357. The van der Waals surface area contributed by atoms with Crippen LogP contribution in [0, 0.1) is 0 Å². The molecule has 0 spiro atoms. The molecule has 64 heavy (non-hydrogen) atoms. The van der Waals surface area contributed by atoms with Crippen LogP contribution in [0.1, 0.15) is 12.8 Å². The van der Waals surface area contributed by atoms with Crippen LogP contribution in [0.5, 0.6) is 0 Å². The van der Waals surface area contributed by atoms with Gasteiger partial charge >= 0.3 is 89.5 Å². The van der Waals surface area contributed by atoms with E-state index in [0.717, 1.165) is 28.2 Å². The van der Waals surface area contributed by atoms with Gasteiger partial charge in [-0.2, -0.15) is 114 Å². The Balaban J connectivity index is 5.87. The van der Waals surface area contributed by atoms with Crippen LogP contribution in [0.25, 0.3) is 0 Å². The van der Waals surface area contributed by atoms with Crippen molar-refractivity contribution in [3.8, 4) is 0 Å². The summed E-state index contributed by atoms with van der Waals surface area (Å²) in [5.41, 5.74) is 0. The fourth-order valence-electron chi connectivity index (χ4n) is 4.87. The normalized spacial score (nSPS) is 15.3. The third-order valence-corrected chi connectivity index (χ3v) is 8.31. The van der Waals surface area contributed by atoms with Gasteiger partial charge in [-0.3, -0.25) is 0 Å².